The molecule has 0 radical (unpaired) electrons. The van der Waals surface area contributed by atoms with E-state index in [1.54, 1.807) is 0 Å². The molecule has 1 aromatic heterocycles. The highest BCUT2D eigenvalue weighted by Gasteiger charge is 2.04. The van der Waals surface area contributed by atoms with Crippen molar-refractivity contribution in [3.8, 4) is 11.3 Å². The van der Waals surface area contributed by atoms with Crippen LogP contribution in [-0.4, -0.2) is 15.0 Å². The van der Waals surface area contributed by atoms with Crippen LogP contribution in [0.3, 0.4) is 0 Å². The second-order valence-electron chi connectivity index (χ2n) is 4.92. The first-order chi connectivity index (χ1) is 8.15. The fraction of sp³-hybridized carbons (Fsp3) is 0.429. The predicted molar refractivity (Wildman–Crippen MR) is 69.7 cm³/mol. The summed E-state index contributed by atoms with van der Waals surface area (Å²) in [5.74, 6) is 0.696. The maximum absolute atomic E-state index is 4.21. The van der Waals surface area contributed by atoms with Gasteiger partial charge in [0.2, 0.25) is 0 Å². The molecular weight excluding hydrogens is 210 g/mol. The van der Waals surface area contributed by atoms with Crippen LogP contribution in [-0.2, 0) is 6.54 Å². The lowest BCUT2D eigenvalue weighted by molar-refractivity contribution is 0.478. The molecule has 1 aromatic carbocycles. The lowest BCUT2D eigenvalue weighted by Gasteiger charge is -2.02. The molecule has 90 valence electrons. The first-order valence-corrected chi connectivity index (χ1v) is 6.12. The van der Waals surface area contributed by atoms with E-state index in [0.29, 0.717) is 5.92 Å². The van der Waals surface area contributed by atoms with E-state index in [4.69, 9.17) is 0 Å². The van der Waals surface area contributed by atoms with Gasteiger partial charge in [-0.15, -0.1) is 5.10 Å². The Balaban J connectivity index is 2.10. The zero-order valence-electron chi connectivity index (χ0n) is 10.7. The van der Waals surface area contributed by atoms with Crippen molar-refractivity contribution in [1.29, 1.82) is 0 Å². The molecule has 3 heteroatoms. The third kappa shape index (κ3) is 3.16. The summed E-state index contributed by atoms with van der Waals surface area (Å²) in [4.78, 5) is 0. The Kier molecular flexibility index (Phi) is 3.57. The van der Waals surface area contributed by atoms with Gasteiger partial charge in [0.1, 0.15) is 5.69 Å². The van der Waals surface area contributed by atoms with Gasteiger partial charge in [0.15, 0.2) is 0 Å². The minimum Gasteiger partial charge on any atom is -0.252 e. The summed E-state index contributed by atoms with van der Waals surface area (Å²) in [6, 6.07) is 8.38. The molecule has 1 heterocycles. The number of hydrogen-bond acceptors (Lipinski definition) is 2. The first kappa shape index (κ1) is 11.8. The van der Waals surface area contributed by atoms with Gasteiger partial charge in [-0.05, 0) is 19.3 Å². The maximum Gasteiger partial charge on any atom is 0.113 e. The quantitative estimate of drug-likeness (QED) is 0.805. The lowest BCUT2D eigenvalue weighted by atomic mass is 10.1. The third-order valence-electron chi connectivity index (χ3n) is 2.82. The van der Waals surface area contributed by atoms with Crippen molar-refractivity contribution >= 4 is 0 Å². The Morgan fingerprint density at radius 3 is 2.53 bits per heavy atom. The Morgan fingerprint density at radius 1 is 1.18 bits per heavy atom. The van der Waals surface area contributed by atoms with Gasteiger partial charge < -0.3 is 0 Å². The van der Waals surface area contributed by atoms with E-state index in [-0.39, 0.29) is 0 Å². The molecule has 17 heavy (non-hydrogen) atoms. The van der Waals surface area contributed by atoms with Gasteiger partial charge in [-0.1, -0.05) is 48.9 Å². The normalized spacial score (nSPS) is 11.1. The van der Waals surface area contributed by atoms with Gasteiger partial charge in [-0.3, -0.25) is 4.68 Å². The Labute approximate surface area is 102 Å². The van der Waals surface area contributed by atoms with Gasteiger partial charge in [0, 0.05) is 12.1 Å². The second-order valence-corrected chi connectivity index (χ2v) is 4.92. The molecule has 0 aliphatic heterocycles. The molecule has 0 aliphatic rings. The third-order valence-corrected chi connectivity index (χ3v) is 2.82. The summed E-state index contributed by atoms with van der Waals surface area (Å²) < 4.78 is 1.93. The minimum atomic E-state index is 0.696. The monoisotopic (exact) mass is 229 g/mol. The SMILES string of the molecule is Cc1ccc(-c2cn(CCC(C)C)nn2)cc1. The molecule has 3 nitrogen and oxygen atoms in total. The largest absolute Gasteiger partial charge is 0.252 e. The van der Waals surface area contributed by atoms with Crippen LogP contribution >= 0.6 is 0 Å². The van der Waals surface area contributed by atoms with Gasteiger partial charge in [0.05, 0.1) is 6.20 Å². The molecular formula is C14H19N3. The Hall–Kier alpha value is -1.64. The number of hydrogen-bond donors (Lipinski definition) is 0. The smallest absolute Gasteiger partial charge is 0.113 e. The number of benzene rings is 1. The van der Waals surface area contributed by atoms with Crippen LogP contribution in [0.5, 0.6) is 0 Å². The summed E-state index contributed by atoms with van der Waals surface area (Å²) in [7, 11) is 0. The minimum absolute atomic E-state index is 0.696. The van der Waals surface area contributed by atoms with Crippen molar-refractivity contribution < 1.29 is 0 Å². The van der Waals surface area contributed by atoms with Gasteiger partial charge in [0.25, 0.3) is 0 Å². The fourth-order valence-electron chi connectivity index (χ4n) is 1.65. The summed E-state index contributed by atoms with van der Waals surface area (Å²) in [6.45, 7) is 7.47. The molecule has 0 saturated carbocycles. The molecule has 0 saturated heterocycles. The molecule has 0 unspecified atom stereocenters. The van der Waals surface area contributed by atoms with Crippen molar-refractivity contribution in [2.24, 2.45) is 5.92 Å². The van der Waals surface area contributed by atoms with Crippen LogP contribution in [0.25, 0.3) is 11.3 Å². The van der Waals surface area contributed by atoms with Crippen LogP contribution in [0.2, 0.25) is 0 Å². The highest BCUT2D eigenvalue weighted by Crippen LogP contribution is 2.16. The van der Waals surface area contributed by atoms with E-state index in [0.717, 1.165) is 24.2 Å². The molecule has 0 bridgehead atoms. The van der Waals surface area contributed by atoms with E-state index >= 15 is 0 Å². The first-order valence-electron chi connectivity index (χ1n) is 6.12. The van der Waals surface area contributed by atoms with Crippen LogP contribution in [0, 0.1) is 12.8 Å². The number of aromatic nitrogens is 3. The average Bonchev–Trinajstić information content (AvgIpc) is 2.76. The predicted octanol–water partition coefficient (Wildman–Crippen LogP) is 3.30. The lowest BCUT2D eigenvalue weighted by Crippen LogP contribution is -2.01. The highest BCUT2D eigenvalue weighted by atomic mass is 15.4. The van der Waals surface area contributed by atoms with Crippen molar-refractivity contribution in [3.63, 3.8) is 0 Å². The molecule has 0 aliphatic carbocycles. The number of nitrogens with zero attached hydrogens (tertiary/aromatic N) is 3. The molecule has 2 aromatic rings. The molecule has 0 fully saturated rings. The average molecular weight is 229 g/mol. The summed E-state index contributed by atoms with van der Waals surface area (Å²) in [6.07, 6.45) is 3.16. The van der Waals surface area contributed by atoms with Gasteiger partial charge in [-0.2, -0.15) is 0 Å². The zero-order valence-corrected chi connectivity index (χ0v) is 10.7. The van der Waals surface area contributed by atoms with Crippen molar-refractivity contribution in [2.75, 3.05) is 0 Å². The number of aryl methyl sites for hydroxylation is 2. The van der Waals surface area contributed by atoms with Crippen molar-refractivity contribution in [1.82, 2.24) is 15.0 Å². The Morgan fingerprint density at radius 2 is 1.88 bits per heavy atom. The van der Waals surface area contributed by atoms with E-state index < -0.39 is 0 Å². The Bertz CT molecular complexity index is 468. The van der Waals surface area contributed by atoms with Gasteiger partial charge >= 0.3 is 0 Å². The van der Waals surface area contributed by atoms with E-state index in [1.165, 1.54) is 5.56 Å². The topological polar surface area (TPSA) is 30.7 Å². The van der Waals surface area contributed by atoms with Crippen molar-refractivity contribution in [2.45, 2.75) is 33.7 Å². The molecule has 0 spiro atoms. The maximum atomic E-state index is 4.21. The van der Waals surface area contributed by atoms with Crippen LogP contribution < -0.4 is 0 Å². The zero-order chi connectivity index (χ0) is 12.3. The van der Waals surface area contributed by atoms with E-state index in [9.17, 15) is 0 Å². The second kappa shape index (κ2) is 5.13. The highest BCUT2D eigenvalue weighted by molar-refractivity contribution is 5.57. The molecule has 0 N–H and O–H groups in total. The molecule has 0 amide bonds. The van der Waals surface area contributed by atoms with Crippen molar-refractivity contribution in [3.05, 3.63) is 36.0 Å². The number of rotatable bonds is 4. The van der Waals surface area contributed by atoms with Crippen LogP contribution in [0.4, 0.5) is 0 Å². The van der Waals surface area contributed by atoms with Crippen LogP contribution in [0.1, 0.15) is 25.8 Å². The van der Waals surface area contributed by atoms with E-state index in [2.05, 4.69) is 55.3 Å². The van der Waals surface area contributed by atoms with Crippen LogP contribution in [0.15, 0.2) is 30.5 Å². The molecule has 2 rings (SSSR count). The summed E-state index contributed by atoms with van der Waals surface area (Å²) in [5, 5.41) is 8.36. The van der Waals surface area contributed by atoms with Gasteiger partial charge in [-0.25, -0.2) is 0 Å². The summed E-state index contributed by atoms with van der Waals surface area (Å²) in [5.41, 5.74) is 3.35. The fourth-order valence-corrected chi connectivity index (χ4v) is 1.65. The van der Waals surface area contributed by atoms with E-state index in [1.807, 2.05) is 10.9 Å². The standard InChI is InChI=1S/C14H19N3/c1-11(2)8-9-17-10-14(15-16-17)13-6-4-12(3)5-7-13/h4-7,10-11H,8-9H2,1-3H3. The summed E-state index contributed by atoms with van der Waals surface area (Å²) >= 11 is 0. The molecule has 0 atom stereocenters.